The summed E-state index contributed by atoms with van der Waals surface area (Å²) in [5, 5.41) is 4.16. The molecule has 1 N–H and O–H groups in total. The Morgan fingerprint density at radius 1 is 0.917 bits per heavy atom. The van der Waals surface area contributed by atoms with E-state index >= 15 is 0 Å². The molecule has 0 fully saturated rings. The van der Waals surface area contributed by atoms with E-state index in [1.165, 1.54) is 11.8 Å². The van der Waals surface area contributed by atoms with E-state index in [-0.39, 0.29) is 23.6 Å². The first-order chi connectivity index (χ1) is 17.2. The second-order valence-electron chi connectivity index (χ2n) is 8.71. The molecule has 0 aliphatic carbocycles. The lowest BCUT2D eigenvalue weighted by molar-refractivity contribution is -0.139. The van der Waals surface area contributed by atoms with Crippen LogP contribution < -0.4 is 5.32 Å². The average Bonchev–Trinajstić information content (AvgIpc) is 2.84. The van der Waals surface area contributed by atoms with E-state index in [1.54, 1.807) is 23.1 Å². The molecule has 0 unspecified atom stereocenters. The lowest BCUT2D eigenvalue weighted by Gasteiger charge is -2.32. The highest BCUT2D eigenvalue weighted by molar-refractivity contribution is 9.10. The van der Waals surface area contributed by atoms with Crippen molar-refractivity contribution in [3.8, 4) is 0 Å². The summed E-state index contributed by atoms with van der Waals surface area (Å²) in [5.74, 6) is 0.403. The van der Waals surface area contributed by atoms with Crippen LogP contribution in [-0.2, 0) is 28.3 Å². The largest absolute Gasteiger partial charge is 0.352 e. The van der Waals surface area contributed by atoms with Crippen LogP contribution in [0.1, 0.15) is 30.5 Å². The van der Waals surface area contributed by atoms with Gasteiger partial charge in [-0.05, 0) is 54.8 Å². The van der Waals surface area contributed by atoms with Gasteiger partial charge in [0.1, 0.15) is 6.04 Å². The van der Waals surface area contributed by atoms with Crippen molar-refractivity contribution in [3.05, 3.63) is 104 Å². The van der Waals surface area contributed by atoms with Crippen molar-refractivity contribution < 1.29 is 9.59 Å². The normalized spacial score (nSPS) is 11.8. The monoisotopic (exact) mass is 606 g/mol. The minimum Gasteiger partial charge on any atom is -0.352 e. The molecule has 36 heavy (non-hydrogen) atoms. The third-order valence-electron chi connectivity index (χ3n) is 5.50. The smallest absolute Gasteiger partial charge is 0.243 e. The molecule has 3 aromatic rings. The van der Waals surface area contributed by atoms with Crippen molar-refractivity contribution in [3.63, 3.8) is 0 Å². The van der Waals surface area contributed by atoms with E-state index in [0.717, 1.165) is 21.2 Å². The van der Waals surface area contributed by atoms with E-state index < -0.39 is 6.04 Å². The van der Waals surface area contributed by atoms with Gasteiger partial charge in [0.15, 0.2) is 0 Å². The Morgan fingerprint density at radius 2 is 1.56 bits per heavy atom. The Bertz CT molecular complexity index is 1140. The van der Waals surface area contributed by atoms with Crippen LogP contribution in [0.2, 0.25) is 10.0 Å². The van der Waals surface area contributed by atoms with Crippen LogP contribution in [0.3, 0.4) is 0 Å². The quantitative estimate of drug-likeness (QED) is 0.252. The molecule has 1 atom stereocenters. The second kappa shape index (κ2) is 14.1. The molecular weight excluding hydrogens is 579 g/mol. The molecule has 0 saturated carbocycles. The number of thioether (sulfide) groups is 1. The fourth-order valence-electron chi connectivity index (χ4n) is 3.71. The van der Waals surface area contributed by atoms with Crippen molar-refractivity contribution in [2.75, 3.05) is 5.75 Å². The number of carbonyl (C=O) groups excluding carboxylic acids is 2. The first-order valence-electron chi connectivity index (χ1n) is 11.6. The maximum absolute atomic E-state index is 13.6. The summed E-state index contributed by atoms with van der Waals surface area (Å²) >= 11 is 17.5. The van der Waals surface area contributed by atoms with Crippen LogP contribution in [0.15, 0.2) is 77.3 Å². The van der Waals surface area contributed by atoms with Gasteiger partial charge in [0, 0.05) is 39.3 Å². The molecule has 0 aliphatic heterocycles. The maximum Gasteiger partial charge on any atom is 0.243 e. The average molecular weight is 608 g/mol. The standard InChI is InChI=1S/C28H29BrCl2N2O2S/c1-19(2)32-28(35)26(15-20-7-4-3-5-8-20)33(16-21-11-13-22(29)14-12-21)27(34)18-36-17-23-24(30)9-6-10-25(23)31/h3-14,19,26H,15-18H2,1-2H3,(H,32,35)/t26-/m1/s1. The predicted octanol–water partition coefficient (Wildman–Crippen LogP) is 7.15. The minimum absolute atomic E-state index is 0.0443. The first-order valence-corrected chi connectivity index (χ1v) is 14.3. The molecule has 4 nitrogen and oxygen atoms in total. The van der Waals surface area contributed by atoms with E-state index in [4.69, 9.17) is 23.2 Å². The van der Waals surface area contributed by atoms with E-state index in [9.17, 15) is 9.59 Å². The van der Waals surface area contributed by atoms with Crippen LogP contribution >= 0.6 is 50.9 Å². The van der Waals surface area contributed by atoms with Crippen LogP contribution in [0.4, 0.5) is 0 Å². The molecular formula is C28H29BrCl2N2O2S. The number of amides is 2. The number of rotatable bonds is 11. The highest BCUT2D eigenvalue weighted by atomic mass is 79.9. The number of hydrogen-bond donors (Lipinski definition) is 1. The fraction of sp³-hybridized carbons (Fsp3) is 0.286. The third kappa shape index (κ3) is 8.55. The van der Waals surface area contributed by atoms with Gasteiger partial charge in [-0.1, -0.05) is 87.7 Å². The SMILES string of the molecule is CC(C)NC(=O)[C@@H](Cc1ccccc1)N(Cc1ccc(Br)cc1)C(=O)CSCc1c(Cl)cccc1Cl. The molecule has 0 heterocycles. The summed E-state index contributed by atoms with van der Waals surface area (Å²) in [6.45, 7) is 4.16. The number of benzene rings is 3. The molecule has 0 bridgehead atoms. The van der Waals surface area contributed by atoms with E-state index in [2.05, 4.69) is 21.2 Å². The van der Waals surface area contributed by atoms with Crippen molar-refractivity contribution in [2.24, 2.45) is 0 Å². The number of carbonyl (C=O) groups is 2. The summed E-state index contributed by atoms with van der Waals surface area (Å²) in [5.41, 5.74) is 2.74. The molecule has 8 heteroatoms. The molecule has 3 aromatic carbocycles. The molecule has 0 aliphatic rings. The first kappa shape index (κ1) is 28.6. The third-order valence-corrected chi connectivity index (χ3v) is 7.68. The molecule has 190 valence electrons. The molecule has 3 rings (SSSR count). The lowest BCUT2D eigenvalue weighted by Crippen LogP contribution is -2.52. The Hall–Kier alpha value is -1.99. The second-order valence-corrected chi connectivity index (χ2v) is 11.4. The summed E-state index contributed by atoms with van der Waals surface area (Å²) in [4.78, 5) is 28.7. The lowest BCUT2D eigenvalue weighted by atomic mass is 10.0. The zero-order chi connectivity index (χ0) is 26.1. The summed E-state index contributed by atoms with van der Waals surface area (Å²) in [6.07, 6.45) is 0.419. The van der Waals surface area contributed by atoms with Crippen molar-refractivity contribution in [2.45, 2.75) is 44.6 Å². The number of halogens is 3. The van der Waals surface area contributed by atoms with Gasteiger partial charge in [0.05, 0.1) is 5.75 Å². The van der Waals surface area contributed by atoms with Gasteiger partial charge in [0.25, 0.3) is 0 Å². The number of nitrogens with one attached hydrogen (secondary N) is 1. The zero-order valence-corrected chi connectivity index (χ0v) is 24.1. The van der Waals surface area contributed by atoms with Gasteiger partial charge in [-0.3, -0.25) is 9.59 Å². The van der Waals surface area contributed by atoms with Crippen LogP contribution in [0.5, 0.6) is 0 Å². The van der Waals surface area contributed by atoms with Crippen LogP contribution in [0.25, 0.3) is 0 Å². The van der Waals surface area contributed by atoms with Gasteiger partial charge in [-0.15, -0.1) is 11.8 Å². The number of hydrogen-bond acceptors (Lipinski definition) is 3. The summed E-state index contributed by atoms with van der Waals surface area (Å²) in [6, 6.07) is 22.2. The van der Waals surface area contributed by atoms with Gasteiger partial charge in [-0.25, -0.2) is 0 Å². The van der Waals surface area contributed by atoms with Gasteiger partial charge >= 0.3 is 0 Å². The minimum atomic E-state index is -0.657. The van der Waals surface area contributed by atoms with Crippen LogP contribution in [0, 0.1) is 0 Å². The summed E-state index contributed by atoms with van der Waals surface area (Å²) < 4.78 is 0.953. The van der Waals surface area contributed by atoms with Crippen molar-refractivity contribution >= 4 is 62.7 Å². The Kier molecular flexibility index (Phi) is 11.2. The number of nitrogens with zero attached hydrogens (tertiary/aromatic N) is 1. The fourth-order valence-corrected chi connectivity index (χ4v) is 5.63. The topological polar surface area (TPSA) is 49.4 Å². The highest BCUT2D eigenvalue weighted by Crippen LogP contribution is 2.28. The zero-order valence-electron chi connectivity index (χ0n) is 20.2. The van der Waals surface area contributed by atoms with Crippen molar-refractivity contribution in [1.82, 2.24) is 10.2 Å². The Morgan fingerprint density at radius 3 is 2.17 bits per heavy atom. The Balaban J connectivity index is 1.86. The van der Waals surface area contributed by atoms with Gasteiger partial charge in [-0.2, -0.15) is 0 Å². The molecule has 0 spiro atoms. The maximum atomic E-state index is 13.6. The van der Waals surface area contributed by atoms with E-state index in [1.807, 2.05) is 68.4 Å². The predicted molar refractivity (Wildman–Crippen MR) is 155 cm³/mol. The van der Waals surface area contributed by atoms with Crippen LogP contribution in [-0.4, -0.2) is 34.6 Å². The molecule has 0 saturated heterocycles. The van der Waals surface area contributed by atoms with E-state index in [0.29, 0.717) is 28.8 Å². The van der Waals surface area contributed by atoms with Gasteiger partial charge in [0.2, 0.25) is 11.8 Å². The van der Waals surface area contributed by atoms with Gasteiger partial charge < -0.3 is 10.2 Å². The molecule has 2 amide bonds. The van der Waals surface area contributed by atoms with Crippen molar-refractivity contribution in [1.29, 1.82) is 0 Å². The Labute approximate surface area is 235 Å². The highest BCUT2D eigenvalue weighted by Gasteiger charge is 2.30. The molecule has 0 radical (unpaired) electrons. The summed E-state index contributed by atoms with van der Waals surface area (Å²) in [7, 11) is 0. The molecule has 0 aromatic heterocycles.